The Morgan fingerprint density at radius 1 is 0.911 bits per heavy atom. The zero-order chi connectivity index (χ0) is 32.8. The van der Waals surface area contributed by atoms with Gasteiger partial charge in [-0.25, -0.2) is 4.39 Å². The SMILES string of the molecule is COc1ccc(C(=O)N2CC(O)C2)cc1C(=O)Nc1c(C(=O)Nc2ccc(F)c(C(F)(F)F)c2)sc2cc(C(F)(F)F)ccc12. The number of carbonyl (C=O) groups is 3. The molecule has 0 bridgehead atoms. The van der Waals surface area contributed by atoms with Crippen LogP contribution in [0.25, 0.3) is 10.1 Å². The normalized spacial score (nSPS) is 13.8. The van der Waals surface area contributed by atoms with E-state index in [4.69, 9.17) is 4.74 Å². The molecule has 8 nitrogen and oxygen atoms in total. The number of β-amino-alcohol motifs (C(OH)–C–C–N with tert-alkyl or cyclic N) is 1. The zero-order valence-corrected chi connectivity index (χ0v) is 23.6. The van der Waals surface area contributed by atoms with Gasteiger partial charge in [0.15, 0.2) is 0 Å². The zero-order valence-electron chi connectivity index (χ0n) is 22.8. The van der Waals surface area contributed by atoms with Crippen LogP contribution in [0.2, 0.25) is 0 Å². The van der Waals surface area contributed by atoms with Crippen LogP contribution in [0.1, 0.15) is 41.5 Å². The number of fused-ring (bicyclic) bond motifs is 1. The molecular weight excluding hydrogens is 635 g/mol. The van der Waals surface area contributed by atoms with E-state index in [2.05, 4.69) is 10.6 Å². The summed E-state index contributed by atoms with van der Waals surface area (Å²) in [6.07, 6.45) is -10.5. The minimum Gasteiger partial charge on any atom is -0.496 e. The van der Waals surface area contributed by atoms with E-state index in [1.807, 2.05) is 0 Å². The number of carbonyl (C=O) groups excluding carboxylic acids is 3. The van der Waals surface area contributed by atoms with Gasteiger partial charge < -0.3 is 25.4 Å². The van der Waals surface area contributed by atoms with Crippen LogP contribution in [0.4, 0.5) is 42.1 Å². The molecule has 1 aliphatic heterocycles. The topological polar surface area (TPSA) is 108 Å². The second kappa shape index (κ2) is 11.7. The number of hydrogen-bond acceptors (Lipinski definition) is 6. The molecule has 0 saturated carbocycles. The molecule has 4 aromatic rings. The van der Waals surface area contributed by atoms with E-state index >= 15 is 0 Å². The summed E-state index contributed by atoms with van der Waals surface area (Å²) in [5, 5.41) is 14.2. The van der Waals surface area contributed by atoms with E-state index in [9.17, 15) is 50.2 Å². The van der Waals surface area contributed by atoms with Crippen molar-refractivity contribution in [3.8, 4) is 5.75 Å². The number of nitrogens with one attached hydrogen (secondary N) is 2. The fourth-order valence-corrected chi connectivity index (χ4v) is 5.66. The van der Waals surface area contributed by atoms with E-state index in [1.54, 1.807) is 0 Å². The first kappa shape index (κ1) is 31.7. The summed E-state index contributed by atoms with van der Waals surface area (Å²) >= 11 is 0.526. The first-order valence-corrected chi connectivity index (χ1v) is 13.7. The minimum absolute atomic E-state index is 0.00218. The smallest absolute Gasteiger partial charge is 0.419 e. The van der Waals surface area contributed by atoms with Crippen LogP contribution in [0.5, 0.6) is 5.75 Å². The third kappa shape index (κ3) is 6.42. The second-order valence-corrected chi connectivity index (χ2v) is 10.9. The third-order valence-corrected chi connectivity index (χ3v) is 7.98. The van der Waals surface area contributed by atoms with Crippen molar-refractivity contribution < 1.29 is 55.0 Å². The molecule has 0 aliphatic carbocycles. The molecule has 1 fully saturated rings. The van der Waals surface area contributed by atoms with E-state index in [0.717, 1.165) is 24.3 Å². The van der Waals surface area contributed by atoms with Gasteiger partial charge in [0, 0.05) is 34.4 Å². The second-order valence-electron chi connectivity index (χ2n) is 9.89. The Morgan fingerprint density at radius 2 is 1.62 bits per heavy atom. The quantitative estimate of drug-likeness (QED) is 0.208. The highest BCUT2D eigenvalue weighted by molar-refractivity contribution is 7.21. The van der Waals surface area contributed by atoms with Gasteiger partial charge in [0.1, 0.15) is 16.4 Å². The molecule has 3 N–H and O–H groups in total. The van der Waals surface area contributed by atoms with E-state index < -0.39 is 58.8 Å². The van der Waals surface area contributed by atoms with E-state index in [-0.39, 0.29) is 50.6 Å². The van der Waals surface area contributed by atoms with Gasteiger partial charge in [-0.15, -0.1) is 11.3 Å². The van der Waals surface area contributed by atoms with Gasteiger partial charge in [0.05, 0.1) is 35.6 Å². The summed E-state index contributed by atoms with van der Waals surface area (Å²) < 4.78 is 98.9. The van der Waals surface area contributed by atoms with Crippen molar-refractivity contribution >= 4 is 50.5 Å². The molecule has 1 aromatic heterocycles. The molecule has 3 amide bonds. The summed E-state index contributed by atoms with van der Waals surface area (Å²) in [6.45, 7) is 0.175. The van der Waals surface area contributed by atoms with Crippen molar-refractivity contribution in [1.29, 1.82) is 0 Å². The number of ether oxygens (including phenoxy) is 1. The highest BCUT2D eigenvalue weighted by Gasteiger charge is 2.35. The highest BCUT2D eigenvalue weighted by Crippen LogP contribution is 2.41. The Kier molecular flexibility index (Phi) is 8.22. The van der Waals surface area contributed by atoms with Crippen molar-refractivity contribution in [2.24, 2.45) is 0 Å². The van der Waals surface area contributed by atoms with Gasteiger partial charge in [-0.1, -0.05) is 6.07 Å². The number of aliphatic hydroxyl groups excluding tert-OH is 1. The molecule has 236 valence electrons. The maximum Gasteiger partial charge on any atom is 0.419 e. The molecule has 0 unspecified atom stereocenters. The number of thiophene rings is 1. The number of rotatable bonds is 6. The van der Waals surface area contributed by atoms with Crippen LogP contribution in [0.15, 0.2) is 54.6 Å². The Labute approximate surface area is 253 Å². The van der Waals surface area contributed by atoms with Gasteiger partial charge in [0.2, 0.25) is 0 Å². The van der Waals surface area contributed by atoms with Gasteiger partial charge >= 0.3 is 12.4 Å². The van der Waals surface area contributed by atoms with Crippen molar-refractivity contribution in [3.05, 3.63) is 87.5 Å². The van der Waals surface area contributed by atoms with Crippen LogP contribution in [-0.2, 0) is 12.4 Å². The van der Waals surface area contributed by atoms with Crippen LogP contribution >= 0.6 is 11.3 Å². The van der Waals surface area contributed by atoms with Gasteiger partial charge in [-0.05, 0) is 48.5 Å². The molecule has 1 saturated heterocycles. The lowest BCUT2D eigenvalue weighted by atomic mass is 10.0. The Balaban J connectivity index is 1.54. The largest absolute Gasteiger partial charge is 0.496 e. The van der Waals surface area contributed by atoms with Crippen LogP contribution in [-0.4, -0.2) is 54.0 Å². The van der Waals surface area contributed by atoms with Gasteiger partial charge in [-0.3, -0.25) is 14.4 Å². The lowest BCUT2D eigenvalue weighted by Gasteiger charge is -2.35. The fraction of sp³-hybridized carbons (Fsp3) is 0.207. The molecule has 0 radical (unpaired) electrons. The summed E-state index contributed by atoms with van der Waals surface area (Å²) in [6, 6.07) is 8.12. The van der Waals surface area contributed by atoms with Crippen molar-refractivity contribution in [3.63, 3.8) is 0 Å². The number of benzene rings is 3. The van der Waals surface area contributed by atoms with Crippen LogP contribution < -0.4 is 15.4 Å². The predicted molar refractivity (Wildman–Crippen MR) is 149 cm³/mol. The van der Waals surface area contributed by atoms with Crippen LogP contribution in [0, 0.1) is 5.82 Å². The molecule has 16 heteroatoms. The fourth-order valence-electron chi connectivity index (χ4n) is 4.57. The monoisotopic (exact) mass is 655 g/mol. The molecule has 2 heterocycles. The number of nitrogens with zero attached hydrogens (tertiary/aromatic N) is 1. The third-order valence-electron chi connectivity index (χ3n) is 6.83. The number of hydrogen-bond donors (Lipinski definition) is 3. The Bertz CT molecular complexity index is 1830. The number of halogens is 7. The Hall–Kier alpha value is -4.70. The first-order chi connectivity index (χ1) is 21.1. The molecule has 0 atom stereocenters. The van der Waals surface area contributed by atoms with Crippen LogP contribution in [0.3, 0.4) is 0 Å². The summed E-state index contributed by atoms with van der Waals surface area (Å²) in [4.78, 5) is 40.6. The molecule has 0 spiro atoms. The summed E-state index contributed by atoms with van der Waals surface area (Å²) in [5.74, 6) is -4.11. The first-order valence-electron chi connectivity index (χ1n) is 12.9. The molecule has 3 aromatic carbocycles. The number of methoxy groups -OCH3 is 1. The average molecular weight is 656 g/mol. The van der Waals surface area contributed by atoms with Crippen molar-refractivity contribution in [1.82, 2.24) is 4.90 Å². The highest BCUT2D eigenvalue weighted by atomic mass is 32.1. The number of amides is 3. The molecule has 5 rings (SSSR count). The minimum atomic E-state index is -5.08. The number of anilines is 2. The van der Waals surface area contributed by atoms with Gasteiger partial charge in [-0.2, -0.15) is 26.3 Å². The lowest BCUT2D eigenvalue weighted by Crippen LogP contribution is -2.53. The van der Waals surface area contributed by atoms with E-state index in [1.165, 1.54) is 30.2 Å². The van der Waals surface area contributed by atoms with Crippen molar-refractivity contribution in [2.75, 3.05) is 30.8 Å². The standard InChI is InChI=1S/C29H20F7N3O5S/c1-44-21-7-2-13(27(43)39-11-16(40)12-39)8-18(21)25(41)38-23-17-5-3-14(28(31,32)33)9-22(17)45-24(23)26(42)37-15-4-6-20(30)19(10-15)29(34,35)36/h2-10,16,40H,11-12H2,1H3,(H,37,42)(H,38,41). The summed E-state index contributed by atoms with van der Waals surface area (Å²) in [7, 11) is 1.24. The molecule has 1 aliphatic rings. The molecular formula is C29H20F7N3O5S. The maximum absolute atomic E-state index is 13.8. The number of likely N-dealkylation sites (tertiary alicyclic amines) is 1. The van der Waals surface area contributed by atoms with Gasteiger partial charge in [0.25, 0.3) is 17.7 Å². The summed E-state index contributed by atoms with van der Waals surface area (Å²) in [5.41, 5.74) is -3.58. The van der Waals surface area contributed by atoms with Crippen molar-refractivity contribution in [2.45, 2.75) is 18.5 Å². The number of aliphatic hydroxyl groups is 1. The average Bonchev–Trinajstić information content (AvgIpc) is 3.32. The Morgan fingerprint density at radius 3 is 2.24 bits per heavy atom. The predicted octanol–water partition coefficient (Wildman–Crippen LogP) is 6.41. The lowest BCUT2D eigenvalue weighted by molar-refractivity contribution is -0.140. The molecule has 45 heavy (non-hydrogen) atoms. The number of alkyl halides is 6. The maximum atomic E-state index is 13.8. The van der Waals surface area contributed by atoms with E-state index in [0.29, 0.717) is 23.5 Å².